The Hall–Kier alpha value is -1.77. The average Bonchev–Trinajstić information content (AvgIpc) is 2.39. The molecule has 0 spiro atoms. The number of aromatic nitrogens is 1. The number of rotatable bonds is 5. The second-order valence-corrected chi connectivity index (χ2v) is 3.23. The normalized spacial score (nSPS) is 10.3. The first-order valence-corrected chi connectivity index (χ1v) is 5.19. The topological polar surface area (TPSA) is 85.7 Å². The van der Waals surface area contributed by atoms with E-state index in [9.17, 15) is 14.7 Å². The number of ketones is 1. The molecule has 6 nitrogen and oxygen atoms in total. The van der Waals surface area contributed by atoms with Crippen molar-refractivity contribution in [2.24, 2.45) is 0 Å². The summed E-state index contributed by atoms with van der Waals surface area (Å²) < 4.78 is 9.42. The van der Waals surface area contributed by atoms with Crippen LogP contribution in [0.5, 0.6) is 5.75 Å². The van der Waals surface area contributed by atoms with Crippen LogP contribution in [-0.4, -0.2) is 35.6 Å². The van der Waals surface area contributed by atoms with Crippen molar-refractivity contribution in [3.05, 3.63) is 30.1 Å². The van der Waals surface area contributed by atoms with Crippen molar-refractivity contribution in [3.63, 3.8) is 0 Å². The van der Waals surface area contributed by atoms with Crippen LogP contribution >= 0.6 is 0 Å². The van der Waals surface area contributed by atoms with Crippen LogP contribution in [0.1, 0.15) is 13.9 Å². The van der Waals surface area contributed by atoms with Crippen molar-refractivity contribution < 1.29 is 44.5 Å². The maximum atomic E-state index is 11.3. The van der Waals surface area contributed by atoms with E-state index in [4.69, 9.17) is 4.74 Å². The minimum atomic E-state index is -1.01. The second kappa shape index (κ2) is 8.35. The van der Waals surface area contributed by atoms with Gasteiger partial charge >= 0.3 is 24.8 Å². The maximum Gasteiger partial charge on any atom is 1.00 e. The molecule has 1 N–H and O–H groups in total. The molecule has 0 unspecified atom stereocenters. The van der Waals surface area contributed by atoms with Crippen molar-refractivity contribution in [1.82, 2.24) is 4.98 Å². The molecule has 0 aromatic carbocycles. The Morgan fingerprint density at radius 3 is 2.74 bits per heavy atom. The quantitative estimate of drug-likeness (QED) is 0.222. The van der Waals surface area contributed by atoms with Crippen molar-refractivity contribution >= 4 is 17.5 Å². The van der Waals surface area contributed by atoms with Crippen molar-refractivity contribution in [1.29, 1.82) is 0 Å². The largest absolute Gasteiger partial charge is 1.00 e. The van der Waals surface area contributed by atoms with Crippen LogP contribution in [0.2, 0.25) is 0 Å². The number of aliphatic hydroxyl groups is 1. The van der Waals surface area contributed by atoms with Crippen LogP contribution in [-0.2, 0) is 14.3 Å². The molecule has 0 aliphatic carbocycles. The van der Waals surface area contributed by atoms with Crippen LogP contribution in [0.4, 0.5) is 0 Å². The van der Waals surface area contributed by atoms with Gasteiger partial charge in [-0.25, -0.2) is 4.79 Å². The van der Waals surface area contributed by atoms with Gasteiger partial charge in [-0.2, -0.15) is 0 Å². The number of aliphatic hydroxyl groups excluding tert-OH is 1. The van der Waals surface area contributed by atoms with Crippen molar-refractivity contribution in [2.45, 2.75) is 6.92 Å². The summed E-state index contributed by atoms with van der Waals surface area (Å²) >= 11 is 0. The third kappa shape index (κ3) is 5.16. The number of hydrogen-bond acceptors (Lipinski definition) is 6. The van der Waals surface area contributed by atoms with E-state index >= 15 is 0 Å². The zero-order valence-electron chi connectivity index (χ0n) is 12.0. The first-order chi connectivity index (χ1) is 8.58. The zero-order chi connectivity index (χ0) is 13.5. The summed E-state index contributed by atoms with van der Waals surface area (Å²) in [5.41, 5.74) is 0.270. The average molecular weight is 259 g/mol. The number of methoxy groups -OCH3 is 1. The summed E-state index contributed by atoms with van der Waals surface area (Å²) in [7, 11) is 1.45. The summed E-state index contributed by atoms with van der Waals surface area (Å²) in [5, 5.41) is 9.66. The number of ether oxygens (including phenoxy) is 2. The fourth-order valence-corrected chi connectivity index (χ4v) is 1.14. The number of nitrogens with zero attached hydrogens (tertiary/aromatic N) is 1. The summed E-state index contributed by atoms with van der Waals surface area (Å²) in [6, 6.07) is 1.48. The molecule has 1 rings (SSSR count). The molecule has 0 radical (unpaired) electrons. The molecule has 0 atom stereocenters. The molecule has 7 heteroatoms. The number of esters is 1. The molecule has 1 aromatic rings. The smallest absolute Gasteiger partial charge is 1.00 e. The minimum Gasteiger partial charge on any atom is -1.00 e. The molecule has 0 amide bonds. The maximum absolute atomic E-state index is 11.3. The molecule has 98 valence electrons. The summed E-state index contributed by atoms with van der Waals surface area (Å²) in [4.78, 5) is 26.2. The molecular formula is C12H14LiNO5. The van der Waals surface area contributed by atoms with Crippen LogP contribution < -0.4 is 23.6 Å². The van der Waals surface area contributed by atoms with E-state index in [1.54, 1.807) is 6.92 Å². The van der Waals surface area contributed by atoms with Crippen molar-refractivity contribution in [2.75, 3.05) is 13.7 Å². The predicted octanol–water partition coefficient (Wildman–Crippen LogP) is -1.76. The Morgan fingerprint density at radius 2 is 2.16 bits per heavy atom. The molecule has 1 heterocycles. The van der Waals surface area contributed by atoms with Crippen LogP contribution in [0.25, 0.3) is 5.76 Å². The summed E-state index contributed by atoms with van der Waals surface area (Å²) in [6.45, 7) is 1.68. The van der Waals surface area contributed by atoms with E-state index < -0.39 is 11.8 Å². The van der Waals surface area contributed by atoms with E-state index in [-0.39, 0.29) is 38.2 Å². The van der Waals surface area contributed by atoms with Gasteiger partial charge in [0.15, 0.2) is 0 Å². The van der Waals surface area contributed by atoms with Gasteiger partial charge < -0.3 is 16.0 Å². The fourth-order valence-electron chi connectivity index (χ4n) is 1.14. The molecule has 0 saturated heterocycles. The summed E-state index contributed by atoms with van der Waals surface area (Å²) in [5.74, 6) is -1.90. The van der Waals surface area contributed by atoms with Gasteiger partial charge in [0.25, 0.3) is 5.78 Å². The van der Waals surface area contributed by atoms with Crippen molar-refractivity contribution in [3.8, 4) is 5.75 Å². The molecule has 0 aliphatic heterocycles. The third-order valence-corrected chi connectivity index (χ3v) is 1.99. The Balaban J connectivity index is 0. The predicted molar refractivity (Wildman–Crippen MR) is 64.1 cm³/mol. The van der Waals surface area contributed by atoms with E-state index in [2.05, 4.69) is 9.72 Å². The first-order valence-electron chi connectivity index (χ1n) is 5.19. The van der Waals surface area contributed by atoms with Gasteiger partial charge in [-0.3, -0.25) is 9.78 Å². The number of carbonyl (C=O) groups excluding carboxylic acids is 2. The van der Waals surface area contributed by atoms with Crippen LogP contribution in [0.3, 0.4) is 0 Å². The number of carbonyl (C=O) groups is 2. The Morgan fingerprint density at radius 1 is 1.47 bits per heavy atom. The zero-order valence-corrected chi connectivity index (χ0v) is 11.0. The molecule has 0 bridgehead atoms. The minimum absolute atomic E-state index is 0. The molecule has 19 heavy (non-hydrogen) atoms. The molecular weight excluding hydrogens is 245 g/mol. The second-order valence-electron chi connectivity index (χ2n) is 3.23. The van der Waals surface area contributed by atoms with E-state index in [0.29, 0.717) is 5.75 Å². The Bertz CT molecular complexity index is 492. The van der Waals surface area contributed by atoms with Gasteiger partial charge in [-0.1, -0.05) is 0 Å². The fraction of sp³-hybridized carbons (Fsp3) is 0.250. The van der Waals surface area contributed by atoms with Gasteiger partial charge in [0.2, 0.25) is 0 Å². The Kier molecular flexibility index (Phi) is 7.57. The van der Waals surface area contributed by atoms with Gasteiger partial charge in [-0.05, 0) is 13.0 Å². The van der Waals surface area contributed by atoms with Gasteiger partial charge in [0.1, 0.15) is 11.5 Å². The van der Waals surface area contributed by atoms with Crippen LogP contribution in [0, 0.1) is 0 Å². The van der Waals surface area contributed by atoms with Crippen LogP contribution in [0.15, 0.2) is 24.5 Å². The molecule has 0 saturated carbocycles. The molecule has 1 aromatic heterocycles. The van der Waals surface area contributed by atoms with Gasteiger partial charge in [0.05, 0.1) is 19.9 Å². The first kappa shape index (κ1) is 17.2. The molecule has 0 aliphatic rings. The monoisotopic (exact) mass is 259 g/mol. The SMILES string of the molecule is CCOC(=O)C(=O)C=C(O)c1cncc(OC)c1.[H-].[Li+]. The number of pyridine rings is 1. The van der Waals surface area contributed by atoms with E-state index in [1.165, 1.54) is 25.6 Å². The van der Waals surface area contributed by atoms with E-state index in [1.807, 2.05) is 0 Å². The number of hydrogen-bond donors (Lipinski definition) is 1. The third-order valence-electron chi connectivity index (χ3n) is 1.99. The van der Waals surface area contributed by atoms with Gasteiger partial charge in [0, 0.05) is 17.8 Å². The molecule has 0 fully saturated rings. The Labute approximate surface area is 124 Å². The van der Waals surface area contributed by atoms with E-state index in [0.717, 1.165) is 6.08 Å². The standard InChI is InChI=1S/C12H13NO5.Li.H/c1-3-18-12(16)11(15)5-10(14)8-4-9(17-2)7-13-6-8;;/h4-7,14H,3H2,1-2H3;;/q;+1;-1. The summed E-state index contributed by atoms with van der Waals surface area (Å²) in [6.07, 6.45) is 3.57. The van der Waals surface area contributed by atoms with Gasteiger partial charge in [-0.15, -0.1) is 0 Å².